The lowest BCUT2D eigenvalue weighted by Crippen LogP contribution is -2.06. The summed E-state index contributed by atoms with van der Waals surface area (Å²) in [5.74, 6) is -0.452. The molecule has 0 atom stereocenters. The Morgan fingerprint density at radius 1 is 1.11 bits per heavy atom. The third-order valence-electron chi connectivity index (χ3n) is 3.03. The van der Waals surface area contributed by atoms with Crippen molar-refractivity contribution in [3.05, 3.63) is 53.7 Å². The molecule has 1 aromatic carbocycles. The third kappa shape index (κ3) is 1.76. The largest absolute Gasteiger partial charge is 0.477 e. The molecule has 0 aliphatic carbocycles. The highest BCUT2D eigenvalue weighted by Gasteiger charge is 2.16. The molecule has 0 fully saturated rings. The van der Waals surface area contributed by atoms with Crippen LogP contribution in [0, 0.1) is 6.92 Å². The first-order chi connectivity index (χ1) is 9.18. The lowest BCUT2D eigenvalue weighted by Gasteiger charge is -2.06. The van der Waals surface area contributed by atoms with Gasteiger partial charge in [-0.2, -0.15) is 0 Å². The minimum atomic E-state index is -1.000. The number of aryl methyl sites for hydroxylation is 1. The number of aromatic nitrogens is 3. The lowest BCUT2D eigenvalue weighted by molar-refractivity contribution is 0.0689. The summed E-state index contributed by atoms with van der Waals surface area (Å²) in [5.41, 5.74) is 2.58. The van der Waals surface area contributed by atoms with Gasteiger partial charge in [-0.05, 0) is 24.6 Å². The fourth-order valence-electron chi connectivity index (χ4n) is 2.11. The molecule has 0 bridgehead atoms. The van der Waals surface area contributed by atoms with Gasteiger partial charge in [0, 0.05) is 5.56 Å². The Balaban J connectivity index is 2.37. The summed E-state index contributed by atoms with van der Waals surface area (Å²) in [7, 11) is 0. The summed E-state index contributed by atoms with van der Waals surface area (Å²) in [6, 6.07) is 12.6. The summed E-state index contributed by atoms with van der Waals surface area (Å²) in [4.78, 5) is 11.3. The molecule has 5 heteroatoms. The molecule has 2 aromatic heterocycles. The fourth-order valence-corrected chi connectivity index (χ4v) is 2.11. The molecule has 19 heavy (non-hydrogen) atoms. The van der Waals surface area contributed by atoms with Crippen LogP contribution in [0.4, 0.5) is 0 Å². The van der Waals surface area contributed by atoms with E-state index in [1.54, 1.807) is 22.6 Å². The molecule has 2 heterocycles. The normalized spacial score (nSPS) is 10.8. The van der Waals surface area contributed by atoms with Gasteiger partial charge in [0.25, 0.3) is 0 Å². The summed E-state index contributed by atoms with van der Waals surface area (Å²) in [5, 5.41) is 17.4. The fraction of sp³-hybridized carbons (Fsp3) is 0.0714. The van der Waals surface area contributed by atoms with E-state index in [9.17, 15) is 9.90 Å². The van der Waals surface area contributed by atoms with Gasteiger partial charge in [0.05, 0.1) is 0 Å². The van der Waals surface area contributed by atoms with Crippen molar-refractivity contribution in [3.8, 4) is 11.4 Å². The average molecular weight is 253 g/mol. The van der Waals surface area contributed by atoms with E-state index in [0.717, 1.165) is 11.1 Å². The van der Waals surface area contributed by atoms with Crippen LogP contribution in [0.3, 0.4) is 0 Å². The number of rotatable bonds is 2. The van der Waals surface area contributed by atoms with Gasteiger partial charge < -0.3 is 5.11 Å². The predicted molar refractivity (Wildman–Crippen MR) is 70.1 cm³/mol. The van der Waals surface area contributed by atoms with Gasteiger partial charge in [0.2, 0.25) is 0 Å². The minimum Gasteiger partial charge on any atom is -0.477 e. The molecular weight excluding hydrogens is 242 g/mol. The Morgan fingerprint density at radius 2 is 1.89 bits per heavy atom. The average Bonchev–Trinajstić information content (AvgIpc) is 2.82. The van der Waals surface area contributed by atoms with Crippen LogP contribution in [0.2, 0.25) is 0 Å². The van der Waals surface area contributed by atoms with Crippen LogP contribution in [-0.4, -0.2) is 25.7 Å². The van der Waals surface area contributed by atoms with E-state index in [4.69, 9.17) is 0 Å². The molecule has 0 spiro atoms. The summed E-state index contributed by atoms with van der Waals surface area (Å²) in [6.07, 6.45) is 0. The SMILES string of the molecule is Cc1ccccc1-c1nnc2cccc(C(=O)O)n12. The van der Waals surface area contributed by atoms with Crippen molar-refractivity contribution in [2.45, 2.75) is 6.92 Å². The van der Waals surface area contributed by atoms with Gasteiger partial charge in [-0.1, -0.05) is 30.3 Å². The zero-order valence-electron chi connectivity index (χ0n) is 10.2. The van der Waals surface area contributed by atoms with Crippen LogP contribution in [-0.2, 0) is 0 Å². The first-order valence-corrected chi connectivity index (χ1v) is 5.82. The molecule has 0 radical (unpaired) electrons. The zero-order valence-corrected chi connectivity index (χ0v) is 10.2. The number of carboxylic acid groups (broad SMARTS) is 1. The summed E-state index contributed by atoms with van der Waals surface area (Å²) >= 11 is 0. The van der Waals surface area contributed by atoms with Crippen molar-refractivity contribution in [2.24, 2.45) is 0 Å². The van der Waals surface area contributed by atoms with E-state index < -0.39 is 5.97 Å². The molecule has 0 saturated heterocycles. The van der Waals surface area contributed by atoms with Crippen LogP contribution in [0.15, 0.2) is 42.5 Å². The van der Waals surface area contributed by atoms with Gasteiger partial charge in [-0.25, -0.2) is 4.79 Å². The van der Waals surface area contributed by atoms with E-state index in [2.05, 4.69) is 10.2 Å². The molecule has 5 nitrogen and oxygen atoms in total. The van der Waals surface area contributed by atoms with Gasteiger partial charge in [0.15, 0.2) is 11.5 Å². The van der Waals surface area contributed by atoms with E-state index in [1.165, 1.54) is 0 Å². The minimum absolute atomic E-state index is 0.153. The standard InChI is InChI=1S/C14H11N3O2/c1-9-5-2-3-6-10(9)13-16-15-12-8-4-7-11(14(18)19)17(12)13/h2-8H,1H3,(H,18,19). The molecule has 94 valence electrons. The molecule has 0 aliphatic heterocycles. The smallest absolute Gasteiger partial charge is 0.352 e. The highest BCUT2D eigenvalue weighted by atomic mass is 16.4. The number of hydrogen-bond donors (Lipinski definition) is 1. The quantitative estimate of drug-likeness (QED) is 0.761. The molecule has 0 saturated carbocycles. The van der Waals surface area contributed by atoms with Crippen molar-refractivity contribution >= 4 is 11.6 Å². The molecule has 0 unspecified atom stereocenters. The Hall–Kier alpha value is -2.69. The predicted octanol–water partition coefficient (Wildman–Crippen LogP) is 2.40. The number of pyridine rings is 1. The van der Waals surface area contributed by atoms with Crippen LogP contribution in [0.5, 0.6) is 0 Å². The van der Waals surface area contributed by atoms with Gasteiger partial charge in [-0.15, -0.1) is 10.2 Å². The molecular formula is C14H11N3O2. The van der Waals surface area contributed by atoms with Crippen molar-refractivity contribution in [1.29, 1.82) is 0 Å². The molecule has 1 N–H and O–H groups in total. The second kappa shape index (κ2) is 4.20. The lowest BCUT2D eigenvalue weighted by atomic mass is 10.1. The highest BCUT2D eigenvalue weighted by molar-refractivity contribution is 5.87. The van der Waals surface area contributed by atoms with E-state index in [0.29, 0.717) is 11.5 Å². The zero-order chi connectivity index (χ0) is 13.4. The Kier molecular flexibility index (Phi) is 2.52. The highest BCUT2D eigenvalue weighted by Crippen LogP contribution is 2.23. The maximum atomic E-state index is 11.3. The molecule has 3 rings (SSSR count). The first kappa shape index (κ1) is 11.4. The Bertz CT molecular complexity index is 777. The van der Waals surface area contributed by atoms with Crippen LogP contribution in [0.25, 0.3) is 17.0 Å². The Labute approximate surface area is 109 Å². The molecule has 0 amide bonds. The monoisotopic (exact) mass is 253 g/mol. The van der Waals surface area contributed by atoms with Gasteiger partial charge in [-0.3, -0.25) is 4.40 Å². The van der Waals surface area contributed by atoms with E-state index in [-0.39, 0.29) is 5.69 Å². The maximum Gasteiger partial charge on any atom is 0.352 e. The van der Waals surface area contributed by atoms with Gasteiger partial charge in [0.1, 0.15) is 5.69 Å². The number of benzene rings is 1. The second-order valence-corrected chi connectivity index (χ2v) is 4.25. The third-order valence-corrected chi connectivity index (χ3v) is 3.03. The number of carbonyl (C=O) groups is 1. The Morgan fingerprint density at radius 3 is 2.63 bits per heavy atom. The van der Waals surface area contributed by atoms with E-state index >= 15 is 0 Å². The molecule has 0 aliphatic rings. The number of aromatic carboxylic acids is 1. The van der Waals surface area contributed by atoms with Crippen LogP contribution < -0.4 is 0 Å². The maximum absolute atomic E-state index is 11.3. The number of fused-ring (bicyclic) bond motifs is 1. The number of nitrogens with zero attached hydrogens (tertiary/aromatic N) is 3. The van der Waals surface area contributed by atoms with E-state index in [1.807, 2.05) is 31.2 Å². The summed E-state index contributed by atoms with van der Waals surface area (Å²) in [6.45, 7) is 1.96. The van der Waals surface area contributed by atoms with Gasteiger partial charge >= 0.3 is 5.97 Å². The first-order valence-electron chi connectivity index (χ1n) is 5.82. The van der Waals surface area contributed by atoms with Crippen molar-refractivity contribution in [3.63, 3.8) is 0 Å². The van der Waals surface area contributed by atoms with Crippen molar-refractivity contribution in [1.82, 2.24) is 14.6 Å². The second-order valence-electron chi connectivity index (χ2n) is 4.25. The van der Waals surface area contributed by atoms with Crippen LogP contribution >= 0.6 is 0 Å². The van der Waals surface area contributed by atoms with Crippen LogP contribution in [0.1, 0.15) is 16.1 Å². The summed E-state index contributed by atoms with van der Waals surface area (Å²) < 4.78 is 1.56. The van der Waals surface area contributed by atoms with Crippen molar-refractivity contribution < 1.29 is 9.90 Å². The number of carboxylic acids is 1. The number of hydrogen-bond acceptors (Lipinski definition) is 3. The topological polar surface area (TPSA) is 67.5 Å². The molecule has 3 aromatic rings. The van der Waals surface area contributed by atoms with Crippen molar-refractivity contribution in [2.75, 3.05) is 0 Å².